The van der Waals surface area contributed by atoms with Crippen LogP contribution in [0, 0.1) is 0 Å². The fraction of sp³-hybridized carbons (Fsp3) is 0.0714. The van der Waals surface area contributed by atoms with Crippen molar-refractivity contribution in [3.8, 4) is 5.75 Å². The van der Waals surface area contributed by atoms with Gasteiger partial charge in [-0.1, -0.05) is 22.0 Å². The van der Waals surface area contributed by atoms with E-state index < -0.39 is 0 Å². The van der Waals surface area contributed by atoms with Gasteiger partial charge in [-0.25, -0.2) is 0 Å². The third kappa shape index (κ3) is 2.11. The maximum atomic E-state index is 5.71. The molecule has 0 bridgehead atoms. The molecule has 4 heteroatoms. The molecule has 0 aliphatic heterocycles. The van der Waals surface area contributed by atoms with E-state index >= 15 is 0 Å². The van der Waals surface area contributed by atoms with E-state index in [9.17, 15) is 0 Å². The van der Waals surface area contributed by atoms with Crippen LogP contribution in [0.15, 0.2) is 53.4 Å². The van der Waals surface area contributed by atoms with Gasteiger partial charge in [-0.3, -0.25) is 4.98 Å². The van der Waals surface area contributed by atoms with Gasteiger partial charge in [-0.15, -0.1) is 0 Å². The first-order valence-electron chi connectivity index (χ1n) is 5.62. The van der Waals surface area contributed by atoms with Crippen molar-refractivity contribution < 1.29 is 4.74 Å². The average molecular weight is 303 g/mol. The van der Waals surface area contributed by atoms with Gasteiger partial charge in [0, 0.05) is 33.3 Å². The van der Waals surface area contributed by atoms with Crippen LogP contribution in [0.25, 0.3) is 10.9 Å². The van der Waals surface area contributed by atoms with E-state index in [1.165, 1.54) is 5.39 Å². The van der Waals surface area contributed by atoms with Crippen molar-refractivity contribution in [1.29, 1.82) is 0 Å². The Bertz CT molecular complexity index is 664. The minimum atomic E-state index is 0.522. The number of aromatic nitrogens is 2. The molecule has 1 aromatic carbocycles. The molecule has 0 aliphatic carbocycles. The summed E-state index contributed by atoms with van der Waals surface area (Å²) in [5.41, 5.74) is 2.23. The van der Waals surface area contributed by atoms with E-state index in [1.807, 2.05) is 36.5 Å². The van der Waals surface area contributed by atoms with E-state index in [-0.39, 0.29) is 0 Å². The number of rotatable bonds is 3. The van der Waals surface area contributed by atoms with Crippen LogP contribution in [0.1, 0.15) is 5.56 Å². The van der Waals surface area contributed by atoms with Crippen molar-refractivity contribution in [3.05, 3.63) is 59.0 Å². The van der Waals surface area contributed by atoms with Crippen molar-refractivity contribution in [1.82, 2.24) is 9.97 Å². The zero-order valence-corrected chi connectivity index (χ0v) is 11.1. The summed E-state index contributed by atoms with van der Waals surface area (Å²) in [6.07, 6.45) is 5.42. The number of nitrogens with zero attached hydrogens (tertiary/aromatic N) is 1. The largest absolute Gasteiger partial charge is 0.487 e. The lowest BCUT2D eigenvalue weighted by Gasteiger charge is -2.05. The lowest BCUT2D eigenvalue weighted by molar-refractivity contribution is 0.306. The highest BCUT2D eigenvalue weighted by atomic mass is 79.9. The number of aromatic amines is 1. The monoisotopic (exact) mass is 302 g/mol. The van der Waals surface area contributed by atoms with E-state index in [2.05, 4.69) is 25.9 Å². The predicted molar refractivity (Wildman–Crippen MR) is 74.6 cm³/mol. The van der Waals surface area contributed by atoms with E-state index in [4.69, 9.17) is 4.74 Å². The molecular weight excluding hydrogens is 292 g/mol. The van der Waals surface area contributed by atoms with Gasteiger partial charge in [-0.2, -0.15) is 0 Å². The predicted octanol–water partition coefficient (Wildman–Crippen LogP) is 3.90. The lowest BCUT2D eigenvalue weighted by atomic mass is 10.2. The van der Waals surface area contributed by atoms with Crippen LogP contribution in [0.3, 0.4) is 0 Å². The summed E-state index contributed by atoms with van der Waals surface area (Å²) in [7, 11) is 0. The molecule has 0 spiro atoms. The highest BCUT2D eigenvalue weighted by Gasteiger charge is 2.07. The molecule has 90 valence electrons. The topological polar surface area (TPSA) is 37.9 Å². The fourth-order valence-electron chi connectivity index (χ4n) is 1.92. The van der Waals surface area contributed by atoms with Gasteiger partial charge < -0.3 is 9.72 Å². The van der Waals surface area contributed by atoms with Gasteiger partial charge in [0.15, 0.2) is 0 Å². The smallest absolute Gasteiger partial charge is 0.138 e. The number of nitrogens with one attached hydrogen (secondary N) is 1. The van der Waals surface area contributed by atoms with Crippen LogP contribution < -0.4 is 4.74 Å². The molecule has 0 unspecified atom stereocenters. The van der Waals surface area contributed by atoms with E-state index in [0.29, 0.717) is 6.61 Å². The number of hydrogen-bond donors (Lipinski definition) is 1. The summed E-state index contributed by atoms with van der Waals surface area (Å²) < 4.78 is 6.79. The Kier molecular flexibility index (Phi) is 3.02. The molecule has 3 nitrogen and oxygen atoms in total. The minimum absolute atomic E-state index is 0.522. The molecule has 0 radical (unpaired) electrons. The second-order valence-electron chi connectivity index (χ2n) is 3.95. The molecule has 3 rings (SSSR count). The van der Waals surface area contributed by atoms with Gasteiger partial charge in [0.1, 0.15) is 12.4 Å². The van der Waals surface area contributed by atoms with Crippen molar-refractivity contribution in [2.75, 3.05) is 0 Å². The summed E-state index contributed by atoms with van der Waals surface area (Å²) >= 11 is 3.57. The first kappa shape index (κ1) is 11.3. The summed E-state index contributed by atoms with van der Waals surface area (Å²) in [5.74, 6) is 0.777. The summed E-state index contributed by atoms with van der Waals surface area (Å²) in [6.45, 7) is 0.522. The Hall–Kier alpha value is -1.81. The van der Waals surface area contributed by atoms with E-state index in [0.717, 1.165) is 21.3 Å². The number of benzene rings is 1. The molecule has 0 saturated carbocycles. The minimum Gasteiger partial charge on any atom is -0.487 e. The SMILES string of the molecule is Brc1cccc2[nH]cc(COc3cccnc3)c12. The molecule has 0 saturated heterocycles. The summed E-state index contributed by atoms with van der Waals surface area (Å²) in [4.78, 5) is 7.26. The standard InChI is InChI=1S/C14H11BrN2O/c15-12-4-1-5-13-14(12)10(7-17-13)9-18-11-3-2-6-16-8-11/h1-8,17H,9H2. The van der Waals surface area contributed by atoms with Gasteiger partial charge in [0.05, 0.1) is 6.20 Å². The van der Waals surface area contributed by atoms with E-state index in [1.54, 1.807) is 12.4 Å². The molecular formula is C14H11BrN2O. The molecule has 18 heavy (non-hydrogen) atoms. The second-order valence-corrected chi connectivity index (χ2v) is 4.81. The average Bonchev–Trinajstić information content (AvgIpc) is 2.82. The zero-order chi connectivity index (χ0) is 12.4. The van der Waals surface area contributed by atoms with Gasteiger partial charge in [-0.05, 0) is 24.3 Å². The number of pyridine rings is 1. The Morgan fingerprint density at radius 1 is 1.22 bits per heavy atom. The maximum Gasteiger partial charge on any atom is 0.138 e. The van der Waals surface area contributed by atoms with Gasteiger partial charge >= 0.3 is 0 Å². The Labute approximate surface area is 113 Å². The molecule has 2 heterocycles. The fourth-order valence-corrected chi connectivity index (χ4v) is 2.54. The van der Waals surface area contributed by atoms with Gasteiger partial charge in [0.25, 0.3) is 0 Å². The number of halogens is 1. The highest BCUT2D eigenvalue weighted by molar-refractivity contribution is 9.10. The lowest BCUT2D eigenvalue weighted by Crippen LogP contribution is -1.94. The molecule has 0 atom stereocenters. The van der Waals surface area contributed by atoms with Crippen LogP contribution in [0.2, 0.25) is 0 Å². The molecule has 3 aromatic rings. The number of ether oxygens (including phenoxy) is 1. The maximum absolute atomic E-state index is 5.71. The number of hydrogen-bond acceptors (Lipinski definition) is 2. The third-order valence-corrected chi connectivity index (χ3v) is 3.43. The van der Waals surface area contributed by atoms with Crippen LogP contribution in [0.5, 0.6) is 5.75 Å². The zero-order valence-electron chi connectivity index (χ0n) is 9.56. The van der Waals surface area contributed by atoms with Crippen LogP contribution in [-0.2, 0) is 6.61 Å². The van der Waals surface area contributed by atoms with Crippen molar-refractivity contribution in [3.63, 3.8) is 0 Å². The molecule has 0 amide bonds. The van der Waals surface area contributed by atoms with Crippen LogP contribution >= 0.6 is 15.9 Å². The number of H-pyrrole nitrogens is 1. The molecule has 1 N–H and O–H groups in total. The Morgan fingerprint density at radius 3 is 3.00 bits per heavy atom. The second kappa shape index (κ2) is 4.82. The number of fused-ring (bicyclic) bond motifs is 1. The normalized spacial score (nSPS) is 10.7. The first-order chi connectivity index (χ1) is 8.84. The van der Waals surface area contributed by atoms with Crippen LogP contribution in [-0.4, -0.2) is 9.97 Å². The Balaban J connectivity index is 1.87. The summed E-state index contributed by atoms with van der Waals surface area (Å²) in [6, 6.07) is 9.85. The molecule has 0 aliphatic rings. The van der Waals surface area contributed by atoms with Crippen LogP contribution in [0.4, 0.5) is 0 Å². The molecule has 2 aromatic heterocycles. The van der Waals surface area contributed by atoms with Crippen molar-refractivity contribution in [2.24, 2.45) is 0 Å². The highest BCUT2D eigenvalue weighted by Crippen LogP contribution is 2.27. The van der Waals surface area contributed by atoms with Crippen molar-refractivity contribution >= 4 is 26.8 Å². The van der Waals surface area contributed by atoms with Gasteiger partial charge in [0.2, 0.25) is 0 Å². The first-order valence-corrected chi connectivity index (χ1v) is 6.41. The summed E-state index contributed by atoms with van der Waals surface area (Å²) in [5, 5.41) is 1.17. The van der Waals surface area contributed by atoms with Crippen molar-refractivity contribution in [2.45, 2.75) is 6.61 Å². The Morgan fingerprint density at radius 2 is 2.17 bits per heavy atom. The molecule has 0 fully saturated rings. The quantitative estimate of drug-likeness (QED) is 0.796. The third-order valence-electron chi connectivity index (χ3n) is 2.77.